The summed E-state index contributed by atoms with van der Waals surface area (Å²) in [6.45, 7) is 4.39. The van der Waals surface area contributed by atoms with E-state index >= 15 is 0 Å². The van der Waals surface area contributed by atoms with Crippen LogP contribution in [-0.2, 0) is 5.54 Å². The van der Waals surface area contributed by atoms with E-state index in [0.717, 1.165) is 0 Å². The Hall–Kier alpha value is -0.820. The van der Waals surface area contributed by atoms with E-state index in [0.29, 0.717) is 0 Å². The Morgan fingerprint density at radius 1 is 1.07 bits per heavy atom. The number of hydrogen-bond donors (Lipinski definition) is 1. The lowest BCUT2D eigenvalue weighted by Gasteiger charge is -2.29. The van der Waals surface area contributed by atoms with E-state index in [1.165, 1.54) is 42.4 Å². The topological polar surface area (TPSA) is 12.0 Å². The summed E-state index contributed by atoms with van der Waals surface area (Å²) in [5.74, 6) is 0. The first kappa shape index (κ1) is 10.7. The van der Waals surface area contributed by atoms with Gasteiger partial charge < -0.3 is 5.32 Å². The molecule has 1 heteroatoms. The van der Waals surface area contributed by atoms with Crippen molar-refractivity contribution in [3.05, 3.63) is 34.9 Å². The highest BCUT2D eigenvalue weighted by Crippen LogP contribution is 2.38. The average Bonchev–Trinajstić information content (AvgIpc) is 2.72. The molecule has 82 valence electrons. The molecular formula is C14H21N. The van der Waals surface area contributed by atoms with Crippen LogP contribution in [0.2, 0.25) is 0 Å². The molecule has 0 atom stereocenters. The van der Waals surface area contributed by atoms with Crippen LogP contribution in [-0.4, -0.2) is 7.05 Å². The van der Waals surface area contributed by atoms with E-state index in [1.54, 1.807) is 0 Å². The lowest BCUT2D eigenvalue weighted by molar-refractivity contribution is 0.372. The van der Waals surface area contributed by atoms with Crippen LogP contribution in [0.4, 0.5) is 0 Å². The lowest BCUT2D eigenvalue weighted by atomic mass is 9.87. The van der Waals surface area contributed by atoms with Gasteiger partial charge in [0.15, 0.2) is 0 Å². The molecule has 0 aromatic heterocycles. The van der Waals surface area contributed by atoms with Crippen LogP contribution >= 0.6 is 0 Å². The number of aryl methyl sites for hydroxylation is 2. The molecule has 0 unspecified atom stereocenters. The van der Waals surface area contributed by atoms with Crippen LogP contribution in [0.5, 0.6) is 0 Å². The van der Waals surface area contributed by atoms with Gasteiger partial charge in [0.05, 0.1) is 0 Å². The lowest BCUT2D eigenvalue weighted by Crippen LogP contribution is -2.37. The number of hydrogen-bond acceptors (Lipinski definition) is 1. The van der Waals surface area contributed by atoms with Gasteiger partial charge in [0, 0.05) is 5.54 Å². The van der Waals surface area contributed by atoms with Crippen molar-refractivity contribution in [2.24, 2.45) is 0 Å². The van der Waals surface area contributed by atoms with Gasteiger partial charge in [-0.3, -0.25) is 0 Å². The second kappa shape index (κ2) is 3.97. The Morgan fingerprint density at radius 3 is 2.27 bits per heavy atom. The molecular weight excluding hydrogens is 182 g/mol. The maximum absolute atomic E-state index is 3.54. The van der Waals surface area contributed by atoms with Crippen LogP contribution in [0.3, 0.4) is 0 Å². The van der Waals surface area contributed by atoms with Crippen molar-refractivity contribution in [3.63, 3.8) is 0 Å². The average molecular weight is 203 g/mol. The van der Waals surface area contributed by atoms with Gasteiger partial charge >= 0.3 is 0 Å². The van der Waals surface area contributed by atoms with E-state index in [4.69, 9.17) is 0 Å². The molecule has 1 aliphatic carbocycles. The van der Waals surface area contributed by atoms with Crippen molar-refractivity contribution in [1.82, 2.24) is 5.32 Å². The minimum absolute atomic E-state index is 0.262. The second-order valence-corrected chi connectivity index (χ2v) is 4.84. The predicted octanol–water partition coefficient (Wildman–Crippen LogP) is 3.29. The molecule has 1 aromatic rings. The molecule has 0 bridgehead atoms. The van der Waals surface area contributed by atoms with Crippen molar-refractivity contribution in [1.29, 1.82) is 0 Å². The first-order valence-corrected chi connectivity index (χ1v) is 5.95. The van der Waals surface area contributed by atoms with Gasteiger partial charge in [0.2, 0.25) is 0 Å². The summed E-state index contributed by atoms with van der Waals surface area (Å²) in [5.41, 5.74) is 4.54. The third-order valence-electron chi connectivity index (χ3n) is 4.00. The molecule has 15 heavy (non-hydrogen) atoms. The fourth-order valence-electron chi connectivity index (χ4n) is 2.70. The fraction of sp³-hybridized carbons (Fsp3) is 0.571. The van der Waals surface area contributed by atoms with Crippen LogP contribution < -0.4 is 5.32 Å². The Balaban J connectivity index is 2.38. The zero-order valence-electron chi connectivity index (χ0n) is 10.1. The van der Waals surface area contributed by atoms with Crippen molar-refractivity contribution in [3.8, 4) is 0 Å². The van der Waals surface area contributed by atoms with E-state index in [9.17, 15) is 0 Å². The first-order valence-electron chi connectivity index (χ1n) is 5.95. The van der Waals surface area contributed by atoms with Gasteiger partial charge in [-0.25, -0.2) is 0 Å². The van der Waals surface area contributed by atoms with E-state index < -0.39 is 0 Å². The zero-order valence-corrected chi connectivity index (χ0v) is 10.1. The van der Waals surface area contributed by atoms with Crippen molar-refractivity contribution in [2.45, 2.75) is 45.1 Å². The molecule has 0 aliphatic heterocycles. The monoisotopic (exact) mass is 203 g/mol. The minimum atomic E-state index is 0.262. The molecule has 0 heterocycles. The summed E-state index contributed by atoms with van der Waals surface area (Å²) < 4.78 is 0. The normalized spacial score (nSPS) is 19.4. The predicted molar refractivity (Wildman–Crippen MR) is 65.1 cm³/mol. The minimum Gasteiger partial charge on any atom is -0.310 e. The quantitative estimate of drug-likeness (QED) is 0.777. The maximum Gasteiger partial charge on any atom is 0.0432 e. The SMILES string of the molecule is CNC1(c2ccc(C)c(C)c2)CCCC1. The molecule has 1 fully saturated rings. The highest BCUT2D eigenvalue weighted by atomic mass is 14.9. The summed E-state index contributed by atoms with van der Waals surface area (Å²) in [6, 6.07) is 6.91. The number of benzene rings is 1. The molecule has 1 saturated carbocycles. The molecule has 1 aromatic carbocycles. The van der Waals surface area contributed by atoms with Gasteiger partial charge in [0.25, 0.3) is 0 Å². The van der Waals surface area contributed by atoms with Crippen molar-refractivity contribution >= 4 is 0 Å². The molecule has 2 rings (SSSR count). The summed E-state index contributed by atoms with van der Waals surface area (Å²) in [7, 11) is 2.10. The molecule has 1 aliphatic rings. The van der Waals surface area contributed by atoms with E-state index in [1.807, 2.05) is 0 Å². The number of nitrogens with one attached hydrogen (secondary N) is 1. The van der Waals surface area contributed by atoms with Crippen LogP contribution in [0.1, 0.15) is 42.4 Å². The van der Waals surface area contributed by atoms with Gasteiger partial charge in [-0.05, 0) is 50.4 Å². The fourth-order valence-corrected chi connectivity index (χ4v) is 2.70. The molecule has 0 radical (unpaired) electrons. The largest absolute Gasteiger partial charge is 0.310 e. The summed E-state index contributed by atoms with van der Waals surface area (Å²) in [6.07, 6.45) is 5.28. The maximum atomic E-state index is 3.54. The third kappa shape index (κ3) is 1.81. The zero-order chi connectivity index (χ0) is 10.9. The van der Waals surface area contributed by atoms with Gasteiger partial charge in [-0.1, -0.05) is 31.0 Å². The van der Waals surface area contributed by atoms with Gasteiger partial charge in [-0.15, -0.1) is 0 Å². The summed E-state index contributed by atoms with van der Waals surface area (Å²) >= 11 is 0. The molecule has 0 saturated heterocycles. The highest BCUT2D eigenvalue weighted by Gasteiger charge is 2.33. The van der Waals surface area contributed by atoms with Crippen LogP contribution in [0, 0.1) is 13.8 Å². The molecule has 1 nitrogen and oxygen atoms in total. The second-order valence-electron chi connectivity index (χ2n) is 4.84. The van der Waals surface area contributed by atoms with Crippen molar-refractivity contribution < 1.29 is 0 Å². The van der Waals surface area contributed by atoms with Crippen LogP contribution in [0.25, 0.3) is 0 Å². The van der Waals surface area contributed by atoms with Gasteiger partial charge in [-0.2, -0.15) is 0 Å². The third-order valence-corrected chi connectivity index (χ3v) is 4.00. The molecule has 0 spiro atoms. The highest BCUT2D eigenvalue weighted by molar-refractivity contribution is 5.34. The standard InChI is InChI=1S/C14H21N/c1-11-6-7-13(10-12(11)2)14(15-3)8-4-5-9-14/h6-7,10,15H,4-5,8-9H2,1-3H3. The Kier molecular flexibility index (Phi) is 2.83. The molecule has 1 N–H and O–H groups in total. The summed E-state index contributed by atoms with van der Waals surface area (Å²) in [4.78, 5) is 0. The Labute approximate surface area is 92.9 Å². The van der Waals surface area contributed by atoms with Gasteiger partial charge in [0.1, 0.15) is 0 Å². The van der Waals surface area contributed by atoms with E-state index in [-0.39, 0.29) is 5.54 Å². The summed E-state index contributed by atoms with van der Waals surface area (Å²) in [5, 5.41) is 3.54. The Morgan fingerprint density at radius 2 is 1.73 bits per heavy atom. The van der Waals surface area contributed by atoms with Crippen LogP contribution in [0.15, 0.2) is 18.2 Å². The number of rotatable bonds is 2. The van der Waals surface area contributed by atoms with E-state index in [2.05, 4.69) is 44.4 Å². The Bertz CT molecular complexity index is 348. The van der Waals surface area contributed by atoms with Crippen molar-refractivity contribution in [2.75, 3.05) is 7.05 Å². The molecule has 0 amide bonds. The first-order chi connectivity index (χ1) is 7.18. The smallest absolute Gasteiger partial charge is 0.0432 e.